The molecular formula is C12H22N4. The molecular weight excluding hydrogens is 200 g/mol. The Morgan fingerprint density at radius 2 is 2.25 bits per heavy atom. The van der Waals surface area contributed by atoms with Crippen molar-refractivity contribution >= 4 is 0 Å². The molecule has 1 aliphatic rings. The van der Waals surface area contributed by atoms with Gasteiger partial charge in [-0.15, -0.1) is 0 Å². The lowest BCUT2D eigenvalue weighted by Gasteiger charge is -2.38. The van der Waals surface area contributed by atoms with Crippen molar-refractivity contribution in [3.8, 4) is 0 Å². The number of likely N-dealkylation sites (tertiary alicyclic amines) is 1. The van der Waals surface area contributed by atoms with Gasteiger partial charge in [0.05, 0.1) is 6.20 Å². The first-order valence-corrected chi connectivity index (χ1v) is 6.04. The number of rotatable bonds is 2. The fourth-order valence-corrected chi connectivity index (χ4v) is 2.62. The summed E-state index contributed by atoms with van der Waals surface area (Å²) in [5, 5.41) is 4.23. The van der Waals surface area contributed by atoms with E-state index in [1.807, 2.05) is 17.9 Å². The topological polar surface area (TPSA) is 47.1 Å². The molecule has 1 fully saturated rings. The van der Waals surface area contributed by atoms with E-state index in [1.54, 1.807) is 0 Å². The predicted octanol–water partition coefficient (Wildman–Crippen LogP) is 1.15. The molecule has 0 aromatic carbocycles. The van der Waals surface area contributed by atoms with E-state index in [4.69, 9.17) is 5.73 Å². The van der Waals surface area contributed by atoms with Crippen molar-refractivity contribution in [2.45, 2.75) is 32.4 Å². The Bertz CT molecular complexity index is 337. The third kappa shape index (κ3) is 2.44. The highest BCUT2D eigenvalue weighted by molar-refractivity contribution is 5.10. The summed E-state index contributed by atoms with van der Waals surface area (Å²) >= 11 is 0. The fourth-order valence-electron chi connectivity index (χ4n) is 2.62. The lowest BCUT2D eigenvalue weighted by molar-refractivity contribution is 0.124. The van der Waals surface area contributed by atoms with E-state index in [-0.39, 0.29) is 0 Å². The minimum absolute atomic E-state index is 0.322. The number of nitrogens with zero attached hydrogens (tertiary/aromatic N) is 3. The van der Waals surface area contributed by atoms with Crippen LogP contribution in [-0.2, 0) is 7.05 Å². The molecule has 4 heteroatoms. The van der Waals surface area contributed by atoms with E-state index in [9.17, 15) is 0 Å². The van der Waals surface area contributed by atoms with Gasteiger partial charge in [-0.1, -0.05) is 6.92 Å². The minimum atomic E-state index is 0.322. The van der Waals surface area contributed by atoms with Crippen LogP contribution in [0.4, 0.5) is 0 Å². The number of hydrogen-bond donors (Lipinski definition) is 1. The average molecular weight is 222 g/mol. The maximum Gasteiger partial charge on any atom is 0.0537 e. The molecule has 1 aliphatic heterocycles. The zero-order chi connectivity index (χ0) is 11.7. The first-order valence-electron chi connectivity index (χ1n) is 6.04. The molecule has 1 aromatic rings. The lowest BCUT2D eigenvalue weighted by Crippen LogP contribution is -2.47. The van der Waals surface area contributed by atoms with Crippen molar-refractivity contribution in [1.29, 1.82) is 0 Å². The predicted molar refractivity (Wildman–Crippen MR) is 65.0 cm³/mol. The zero-order valence-electron chi connectivity index (χ0n) is 10.4. The molecule has 2 N–H and O–H groups in total. The summed E-state index contributed by atoms with van der Waals surface area (Å²) in [6.45, 7) is 6.66. The summed E-state index contributed by atoms with van der Waals surface area (Å²) in [7, 11) is 1.96. The minimum Gasteiger partial charge on any atom is -0.327 e. The molecule has 0 spiro atoms. The second-order valence-corrected chi connectivity index (χ2v) is 5.18. The lowest BCUT2D eigenvalue weighted by atomic mass is 9.94. The van der Waals surface area contributed by atoms with Gasteiger partial charge in [0, 0.05) is 44.0 Å². The maximum atomic E-state index is 6.07. The molecule has 16 heavy (non-hydrogen) atoms. The molecule has 1 aromatic heterocycles. The Hall–Kier alpha value is -0.870. The van der Waals surface area contributed by atoms with Crippen LogP contribution in [0.1, 0.15) is 31.9 Å². The molecule has 3 unspecified atom stereocenters. The van der Waals surface area contributed by atoms with E-state index in [0.717, 1.165) is 19.5 Å². The van der Waals surface area contributed by atoms with Crippen LogP contribution < -0.4 is 5.73 Å². The smallest absolute Gasteiger partial charge is 0.0537 e. The van der Waals surface area contributed by atoms with Gasteiger partial charge < -0.3 is 5.73 Å². The highest BCUT2D eigenvalue weighted by atomic mass is 15.3. The molecule has 0 bridgehead atoms. The first-order chi connectivity index (χ1) is 7.56. The van der Waals surface area contributed by atoms with E-state index in [0.29, 0.717) is 18.0 Å². The van der Waals surface area contributed by atoms with Crippen LogP contribution in [0.2, 0.25) is 0 Å². The maximum absolute atomic E-state index is 6.07. The summed E-state index contributed by atoms with van der Waals surface area (Å²) in [6, 6.07) is 0.741. The fraction of sp³-hybridized carbons (Fsp3) is 0.750. The van der Waals surface area contributed by atoms with Crippen LogP contribution in [0.3, 0.4) is 0 Å². The Balaban J connectivity index is 2.06. The third-order valence-corrected chi connectivity index (χ3v) is 3.48. The standard InChI is InChI=1S/C12H22N4/c1-9-4-12(13)8-16(6-9)10(2)11-5-14-15(3)7-11/h5,7,9-10,12H,4,6,8,13H2,1-3H3. The molecule has 4 nitrogen and oxygen atoms in total. The average Bonchev–Trinajstić information content (AvgIpc) is 2.62. The summed E-state index contributed by atoms with van der Waals surface area (Å²) in [5.74, 6) is 0.697. The number of piperidine rings is 1. The van der Waals surface area contributed by atoms with Crippen molar-refractivity contribution in [2.24, 2.45) is 18.7 Å². The monoisotopic (exact) mass is 222 g/mol. The van der Waals surface area contributed by atoms with Crippen LogP contribution in [0, 0.1) is 5.92 Å². The number of hydrogen-bond acceptors (Lipinski definition) is 3. The van der Waals surface area contributed by atoms with E-state index in [2.05, 4.69) is 30.0 Å². The largest absolute Gasteiger partial charge is 0.327 e. The SMILES string of the molecule is CC1CC(N)CN(C(C)c2cnn(C)c2)C1. The molecule has 0 aliphatic carbocycles. The Kier molecular flexibility index (Phi) is 3.30. The highest BCUT2D eigenvalue weighted by Gasteiger charge is 2.26. The molecule has 0 radical (unpaired) electrons. The van der Waals surface area contributed by atoms with E-state index >= 15 is 0 Å². The van der Waals surface area contributed by atoms with Gasteiger partial charge in [-0.2, -0.15) is 5.10 Å². The highest BCUT2D eigenvalue weighted by Crippen LogP contribution is 2.25. The first kappa shape index (κ1) is 11.6. The Morgan fingerprint density at radius 3 is 2.81 bits per heavy atom. The van der Waals surface area contributed by atoms with Crippen molar-refractivity contribution in [2.75, 3.05) is 13.1 Å². The molecule has 1 saturated heterocycles. The van der Waals surface area contributed by atoms with Crippen LogP contribution >= 0.6 is 0 Å². The summed E-state index contributed by atoms with van der Waals surface area (Å²) < 4.78 is 1.86. The van der Waals surface area contributed by atoms with Crippen LogP contribution in [0.15, 0.2) is 12.4 Å². The normalized spacial score (nSPS) is 29.2. The number of nitrogens with two attached hydrogens (primary N) is 1. The van der Waals surface area contributed by atoms with Crippen molar-refractivity contribution in [1.82, 2.24) is 14.7 Å². The van der Waals surface area contributed by atoms with Gasteiger partial charge in [0.1, 0.15) is 0 Å². The second kappa shape index (κ2) is 4.55. The van der Waals surface area contributed by atoms with Gasteiger partial charge in [0.25, 0.3) is 0 Å². The van der Waals surface area contributed by atoms with Gasteiger partial charge in [-0.3, -0.25) is 9.58 Å². The third-order valence-electron chi connectivity index (χ3n) is 3.48. The van der Waals surface area contributed by atoms with E-state index in [1.165, 1.54) is 5.56 Å². The van der Waals surface area contributed by atoms with Gasteiger partial charge in [0.15, 0.2) is 0 Å². The molecule has 3 atom stereocenters. The quantitative estimate of drug-likeness (QED) is 0.816. The van der Waals surface area contributed by atoms with E-state index < -0.39 is 0 Å². The summed E-state index contributed by atoms with van der Waals surface area (Å²) in [6.07, 6.45) is 5.20. The van der Waals surface area contributed by atoms with Gasteiger partial charge in [-0.05, 0) is 19.3 Å². The van der Waals surface area contributed by atoms with Crippen LogP contribution in [0.5, 0.6) is 0 Å². The number of aryl methyl sites for hydroxylation is 1. The van der Waals surface area contributed by atoms with Gasteiger partial charge in [0.2, 0.25) is 0 Å². The Morgan fingerprint density at radius 1 is 1.50 bits per heavy atom. The van der Waals surface area contributed by atoms with Crippen molar-refractivity contribution in [3.63, 3.8) is 0 Å². The molecule has 2 heterocycles. The van der Waals surface area contributed by atoms with Crippen molar-refractivity contribution < 1.29 is 0 Å². The molecule has 0 amide bonds. The molecule has 2 rings (SSSR count). The van der Waals surface area contributed by atoms with Gasteiger partial charge in [-0.25, -0.2) is 0 Å². The summed E-state index contributed by atoms with van der Waals surface area (Å²) in [5.41, 5.74) is 7.36. The van der Waals surface area contributed by atoms with Crippen LogP contribution in [-0.4, -0.2) is 33.8 Å². The molecule has 0 saturated carbocycles. The Labute approximate surface area is 97.4 Å². The number of aromatic nitrogens is 2. The van der Waals surface area contributed by atoms with Crippen molar-refractivity contribution in [3.05, 3.63) is 18.0 Å². The zero-order valence-corrected chi connectivity index (χ0v) is 10.4. The second-order valence-electron chi connectivity index (χ2n) is 5.18. The summed E-state index contributed by atoms with van der Waals surface area (Å²) in [4.78, 5) is 2.47. The molecule has 90 valence electrons. The van der Waals surface area contributed by atoms with Crippen LogP contribution in [0.25, 0.3) is 0 Å². The van der Waals surface area contributed by atoms with Gasteiger partial charge >= 0.3 is 0 Å².